The number of fused-ring (bicyclic) bond motifs is 1. The highest BCUT2D eigenvalue weighted by molar-refractivity contribution is 5.94. The lowest BCUT2D eigenvalue weighted by molar-refractivity contribution is -0.117. The van der Waals surface area contributed by atoms with E-state index in [1.807, 2.05) is 25.1 Å². The summed E-state index contributed by atoms with van der Waals surface area (Å²) in [5.74, 6) is 1.06. The summed E-state index contributed by atoms with van der Waals surface area (Å²) in [4.78, 5) is 23.6. The first-order valence-electron chi connectivity index (χ1n) is 8.27. The number of amides is 2. The molecule has 0 bridgehead atoms. The van der Waals surface area contributed by atoms with Gasteiger partial charge in [-0.05, 0) is 48.4 Å². The van der Waals surface area contributed by atoms with Gasteiger partial charge in [-0.1, -0.05) is 18.2 Å². The maximum atomic E-state index is 12.1. The van der Waals surface area contributed by atoms with Gasteiger partial charge in [0.05, 0.1) is 6.04 Å². The Kier molecular flexibility index (Phi) is 5.22. The van der Waals surface area contributed by atoms with Crippen LogP contribution in [-0.4, -0.2) is 25.7 Å². The van der Waals surface area contributed by atoms with E-state index in [1.165, 1.54) is 6.08 Å². The minimum absolute atomic E-state index is 0.143. The van der Waals surface area contributed by atoms with Gasteiger partial charge in [-0.15, -0.1) is 0 Å². The standard InChI is InChI=1S/C20H20N2O4/c1-13(16-8-9-17-18(11-16)26-12-25-17)22-19(23)10-5-14-3-6-15(7-4-14)20(24)21-2/h3-11,13H,12H2,1-2H3,(H,21,24)(H,22,23)/b10-5+. The molecule has 2 N–H and O–H groups in total. The van der Waals surface area contributed by atoms with Gasteiger partial charge in [0.2, 0.25) is 12.7 Å². The molecule has 0 fully saturated rings. The molecule has 0 aromatic heterocycles. The van der Waals surface area contributed by atoms with Crippen LogP contribution in [0.1, 0.15) is 34.5 Å². The van der Waals surface area contributed by atoms with E-state index in [9.17, 15) is 9.59 Å². The number of ether oxygens (including phenoxy) is 2. The van der Waals surface area contributed by atoms with Crippen LogP contribution in [0.15, 0.2) is 48.5 Å². The molecule has 0 saturated carbocycles. The summed E-state index contributed by atoms with van der Waals surface area (Å²) >= 11 is 0. The molecule has 1 aliphatic rings. The first kappa shape index (κ1) is 17.5. The second-order valence-corrected chi connectivity index (χ2v) is 5.88. The highest BCUT2D eigenvalue weighted by Crippen LogP contribution is 2.34. The topological polar surface area (TPSA) is 76.7 Å². The Labute approximate surface area is 151 Å². The first-order chi connectivity index (χ1) is 12.6. The zero-order valence-corrected chi connectivity index (χ0v) is 14.6. The SMILES string of the molecule is CNC(=O)c1ccc(/C=C/C(=O)NC(C)c2ccc3c(c2)OCO3)cc1. The molecule has 0 saturated heterocycles. The Morgan fingerprint density at radius 3 is 2.54 bits per heavy atom. The number of hydrogen-bond acceptors (Lipinski definition) is 4. The van der Waals surface area contributed by atoms with Crippen LogP contribution in [0.2, 0.25) is 0 Å². The van der Waals surface area contributed by atoms with Crippen molar-refractivity contribution in [2.45, 2.75) is 13.0 Å². The van der Waals surface area contributed by atoms with Crippen LogP contribution in [0, 0.1) is 0 Å². The molecule has 2 amide bonds. The van der Waals surface area contributed by atoms with Crippen LogP contribution in [0.4, 0.5) is 0 Å². The maximum Gasteiger partial charge on any atom is 0.251 e. The number of hydrogen-bond donors (Lipinski definition) is 2. The van der Waals surface area contributed by atoms with Gasteiger partial charge in [0.25, 0.3) is 5.91 Å². The Bertz CT molecular complexity index is 843. The highest BCUT2D eigenvalue weighted by Gasteiger charge is 2.16. The summed E-state index contributed by atoms with van der Waals surface area (Å²) < 4.78 is 10.6. The van der Waals surface area contributed by atoms with E-state index in [1.54, 1.807) is 37.4 Å². The van der Waals surface area contributed by atoms with Gasteiger partial charge in [0.1, 0.15) is 0 Å². The Morgan fingerprint density at radius 2 is 1.81 bits per heavy atom. The second kappa shape index (κ2) is 7.74. The van der Waals surface area contributed by atoms with E-state index in [0.29, 0.717) is 17.1 Å². The minimum Gasteiger partial charge on any atom is -0.454 e. The van der Waals surface area contributed by atoms with Crippen molar-refractivity contribution in [3.63, 3.8) is 0 Å². The van der Waals surface area contributed by atoms with Crippen molar-refractivity contribution in [1.82, 2.24) is 10.6 Å². The Morgan fingerprint density at radius 1 is 1.08 bits per heavy atom. The summed E-state index contributed by atoms with van der Waals surface area (Å²) in [6.45, 7) is 2.13. The molecule has 1 aliphatic heterocycles. The monoisotopic (exact) mass is 352 g/mol. The third kappa shape index (κ3) is 4.03. The molecular weight excluding hydrogens is 332 g/mol. The number of carbonyl (C=O) groups is 2. The molecule has 0 radical (unpaired) electrons. The van der Waals surface area contributed by atoms with E-state index in [4.69, 9.17) is 9.47 Å². The van der Waals surface area contributed by atoms with Crippen molar-refractivity contribution < 1.29 is 19.1 Å². The predicted octanol–water partition coefficient (Wildman–Crippen LogP) is 2.67. The quantitative estimate of drug-likeness (QED) is 0.811. The third-order valence-corrected chi connectivity index (χ3v) is 4.08. The molecule has 1 unspecified atom stereocenters. The number of rotatable bonds is 5. The highest BCUT2D eigenvalue weighted by atomic mass is 16.7. The van der Waals surface area contributed by atoms with Crippen molar-refractivity contribution in [2.75, 3.05) is 13.8 Å². The van der Waals surface area contributed by atoms with E-state index < -0.39 is 0 Å². The smallest absolute Gasteiger partial charge is 0.251 e. The lowest BCUT2D eigenvalue weighted by atomic mass is 10.1. The lowest BCUT2D eigenvalue weighted by Crippen LogP contribution is -2.24. The Balaban J connectivity index is 1.59. The van der Waals surface area contributed by atoms with E-state index in [0.717, 1.165) is 11.1 Å². The van der Waals surface area contributed by atoms with Crippen molar-refractivity contribution in [1.29, 1.82) is 0 Å². The van der Waals surface area contributed by atoms with E-state index in [2.05, 4.69) is 10.6 Å². The summed E-state index contributed by atoms with van der Waals surface area (Å²) in [7, 11) is 1.59. The van der Waals surface area contributed by atoms with Crippen molar-refractivity contribution in [3.8, 4) is 11.5 Å². The fraction of sp³-hybridized carbons (Fsp3) is 0.200. The van der Waals surface area contributed by atoms with Crippen LogP contribution in [0.5, 0.6) is 11.5 Å². The molecule has 1 heterocycles. The molecule has 6 nitrogen and oxygen atoms in total. The molecular formula is C20H20N2O4. The van der Waals surface area contributed by atoms with Crippen LogP contribution < -0.4 is 20.1 Å². The average Bonchev–Trinajstić information content (AvgIpc) is 3.14. The van der Waals surface area contributed by atoms with Gasteiger partial charge in [-0.25, -0.2) is 0 Å². The maximum absolute atomic E-state index is 12.1. The second-order valence-electron chi connectivity index (χ2n) is 5.88. The van der Waals surface area contributed by atoms with Crippen LogP contribution >= 0.6 is 0 Å². The molecule has 6 heteroatoms. The van der Waals surface area contributed by atoms with Crippen LogP contribution in [0.25, 0.3) is 6.08 Å². The predicted molar refractivity (Wildman–Crippen MR) is 98.0 cm³/mol. The summed E-state index contributed by atoms with van der Waals surface area (Å²) in [5, 5.41) is 5.48. The molecule has 0 aliphatic carbocycles. The zero-order chi connectivity index (χ0) is 18.5. The van der Waals surface area contributed by atoms with Gasteiger partial charge < -0.3 is 20.1 Å². The normalized spacial score (nSPS) is 13.5. The molecule has 26 heavy (non-hydrogen) atoms. The zero-order valence-electron chi connectivity index (χ0n) is 14.6. The van der Waals surface area contributed by atoms with Crippen molar-refractivity contribution in [3.05, 3.63) is 65.2 Å². The minimum atomic E-state index is -0.203. The Hall–Kier alpha value is -3.28. The molecule has 0 spiro atoms. The van der Waals surface area contributed by atoms with Gasteiger partial charge in [-0.3, -0.25) is 9.59 Å². The van der Waals surface area contributed by atoms with Gasteiger partial charge in [0, 0.05) is 18.7 Å². The molecule has 3 rings (SSSR count). The third-order valence-electron chi connectivity index (χ3n) is 4.08. The largest absolute Gasteiger partial charge is 0.454 e. The fourth-order valence-corrected chi connectivity index (χ4v) is 2.59. The van der Waals surface area contributed by atoms with Gasteiger partial charge in [-0.2, -0.15) is 0 Å². The number of nitrogens with one attached hydrogen (secondary N) is 2. The van der Waals surface area contributed by atoms with Gasteiger partial charge >= 0.3 is 0 Å². The molecule has 2 aromatic rings. The summed E-state index contributed by atoms with van der Waals surface area (Å²) in [6.07, 6.45) is 3.17. The molecule has 1 atom stereocenters. The van der Waals surface area contributed by atoms with E-state index in [-0.39, 0.29) is 24.6 Å². The number of benzene rings is 2. The lowest BCUT2D eigenvalue weighted by Gasteiger charge is -2.13. The summed E-state index contributed by atoms with van der Waals surface area (Å²) in [6, 6.07) is 12.4. The number of carbonyl (C=O) groups excluding carboxylic acids is 2. The van der Waals surface area contributed by atoms with Crippen molar-refractivity contribution in [2.24, 2.45) is 0 Å². The first-order valence-corrected chi connectivity index (χ1v) is 8.27. The van der Waals surface area contributed by atoms with Crippen LogP contribution in [0.3, 0.4) is 0 Å². The van der Waals surface area contributed by atoms with E-state index >= 15 is 0 Å². The van der Waals surface area contributed by atoms with Gasteiger partial charge in [0.15, 0.2) is 11.5 Å². The van der Waals surface area contributed by atoms with Crippen molar-refractivity contribution >= 4 is 17.9 Å². The van der Waals surface area contributed by atoms with Crippen LogP contribution in [-0.2, 0) is 4.79 Å². The average molecular weight is 352 g/mol. The molecule has 2 aromatic carbocycles. The molecule has 134 valence electrons. The fourth-order valence-electron chi connectivity index (χ4n) is 2.59. The summed E-state index contributed by atoms with van der Waals surface area (Å²) in [5.41, 5.74) is 2.35.